The summed E-state index contributed by atoms with van der Waals surface area (Å²) in [6.45, 7) is 0.226. The molecule has 3 rings (SSSR count). The summed E-state index contributed by atoms with van der Waals surface area (Å²) in [4.78, 5) is 12.5. The van der Waals surface area contributed by atoms with Crippen molar-refractivity contribution in [2.45, 2.75) is 6.61 Å². The van der Waals surface area contributed by atoms with E-state index in [4.69, 9.17) is 4.74 Å². The smallest absolute Gasteiger partial charge is 0.297 e. The molecule has 23 heavy (non-hydrogen) atoms. The maximum Gasteiger partial charge on any atom is 0.297 e. The van der Waals surface area contributed by atoms with E-state index in [0.717, 1.165) is 11.3 Å². The normalized spacial score (nSPS) is 10.7. The molecular weight excluding hydrogens is 292 g/mol. The van der Waals surface area contributed by atoms with E-state index >= 15 is 0 Å². The molecule has 5 nitrogen and oxygen atoms in total. The number of ether oxygens (including phenoxy) is 1. The van der Waals surface area contributed by atoms with Gasteiger partial charge in [0.1, 0.15) is 6.61 Å². The second-order valence-electron chi connectivity index (χ2n) is 5.30. The Morgan fingerprint density at radius 3 is 2.61 bits per heavy atom. The number of aromatic nitrogens is 1. The largest absolute Gasteiger partial charge is 0.504 e. The van der Waals surface area contributed by atoms with Gasteiger partial charge < -0.3 is 19.7 Å². The number of benzene rings is 2. The zero-order valence-electron chi connectivity index (χ0n) is 13.0. The lowest BCUT2D eigenvalue weighted by Gasteiger charge is -2.13. The van der Waals surface area contributed by atoms with Crippen LogP contribution in [0.3, 0.4) is 0 Å². The molecule has 1 heterocycles. The number of pyridine rings is 1. The molecule has 0 amide bonds. The van der Waals surface area contributed by atoms with Crippen molar-refractivity contribution in [3.8, 4) is 11.5 Å². The molecule has 1 aromatic heterocycles. The number of hydrogen-bond acceptors (Lipinski definition) is 4. The minimum absolute atomic E-state index is 0.0268. The topological polar surface area (TPSA) is 63.5 Å². The van der Waals surface area contributed by atoms with E-state index in [0.29, 0.717) is 10.9 Å². The lowest BCUT2D eigenvalue weighted by Crippen LogP contribution is -2.20. The maximum atomic E-state index is 12.5. The molecule has 3 aromatic rings. The number of nitrogens with one attached hydrogen (secondary N) is 1. The number of nitrogens with zero attached hydrogens (tertiary/aromatic N) is 1. The Hall–Kier alpha value is -2.95. The van der Waals surface area contributed by atoms with Crippen LogP contribution in [-0.4, -0.2) is 16.7 Å². The van der Waals surface area contributed by atoms with Crippen LogP contribution >= 0.6 is 0 Å². The van der Waals surface area contributed by atoms with Gasteiger partial charge in [0.2, 0.25) is 5.75 Å². The van der Waals surface area contributed by atoms with E-state index in [1.807, 2.05) is 42.5 Å². The Morgan fingerprint density at radius 1 is 1.17 bits per heavy atom. The molecule has 5 heteroatoms. The van der Waals surface area contributed by atoms with E-state index in [-0.39, 0.29) is 23.7 Å². The number of aryl methyl sites for hydroxylation is 1. The van der Waals surface area contributed by atoms with Crippen LogP contribution in [0.15, 0.2) is 53.3 Å². The van der Waals surface area contributed by atoms with Gasteiger partial charge in [-0.15, -0.1) is 0 Å². The maximum absolute atomic E-state index is 12.5. The van der Waals surface area contributed by atoms with Crippen LogP contribution in [0.2, 0.25) is 0 Å². The molecule has 0 bridgehead atoms. The van der Waals surface area contributed by atoms with Gasteiger partial charge in [-0.1, -0.05) is 30.3 Å². The van der Waals surface area contributed by atoms with Crippen LogP contribution in [0.5, 0.6) is 11.5 Å². The second-order valence-corrected chi connectivity index (χ2v) is 5.30. The number of fused-ring (bicyclic) bond motifs is 1. The highest BCUT2D eigenvalue weighted by molar-refractivity contribution is 5.89. The van der Waals surface area contributed by atoms with Crippen LogP contribution in [0.4, 0.5) is 5.69 Å². The molecule has 0 unspecified atom stereocenters. The van der Waals surface area contributed by atoms with Gasteiger partial charge in [-0.05, 0) is 23.8 Å². The summed E-state index contributed by atoms with van der Waals surface area (Å²) in [5.74, 6) is -0.150. The van der Waals surface area contributed by atoms with E-state index in [2.05, 4.69) is 5.32 Å². The second kappa shape index (κ2) is 6.04. The standard InChI is InChI=1S/C18H18N2O3/c1-19-13-8-9-14-15(10-13)20(2)18(22)17(16(14)21)23-11-12-6-4-3-5-7-12/h3-10,19,21H,11H2,1-2H3. The fraction of sp³-hybridized carbons (Fsp3) is 0.167. The molecular formula is C18H18N2O3. The monoisotopic (exact) mass is 310 g/mol. The summed E-state index contributed by atoms with van der Waals surface area (Å²) < 4.78 is 7.08. The third-order valence-corrected chi connectivity index (χ3v) is 3.84. The van der Waals surface area contributed by atoms with Crippen molar-refractivity contribution >= 4 is 16.6 Å². The summed E-state index contributed by atoms with van der Waals surface area (Å²) in [6, 6.07) is 14.9. The third kappa shape index (κ3) is 2.73. The average Bonchev–Trinajstić information content (AvgIpc) is 2.60. The first-order chi connectivity index (χ1) is 11.1. The summed E-state index contributed by atoms with van der Waals surface area (Å²) in [5.41, 5.74) is 2.08. The molecule has 0 atom stereocenters. The highest BCUT2D eigenvalue weighted by Gasteiger charge is 2.16. The zero-order chi connectivity index (χ0) is 16.4. The molecule has 0 spiro atoms. The van der Waals surface area contributed by atoms with Gasteiger partial charge in [0.15, 0.2) is 5.75 Å². The predicted octanol–water partition coefficient (Wildman–Crippen LogP) is 2.86. The Labute approximate surface area is 133 Å². The van der Waals surface area contributed by atoms with Crippen molar-refractivity contribution in [3.63, 3.8) is 0 Å². The first kappa shape index (κ1) is 15.0. The number of hydrogen-bond donors (Lipinski definition) is 2. The summed E-state index contributed by atoms with van der Waals surface area (Å²) >= 11 is 0. The van der Waals surface area contributed by atoms with Crippen molar-refractivity contribution in [2.75, 3.05) is 12.4 Å². The van der Waals surface area contributed by atoms with Crippen molar-refractivity contribution in [3.05, 3.63) is 64.4 Å². The first-order valence-corrected chi connectivity index (χ1v) is 7.32. The molecule has 0 saturated carbocycles. The van der Waals surface area contributed by atoms with Gasteiger partial charge in [0.05, 0.1) is 5.52 Å². The fourth-order valence-corrected chi connectivity index (χ4v) is 2.51. The minimum atomic E-state index is -0.362. The average molecular weight is 310 g/mol. The minimum Gasteiger partial charge on any atom is -0.504 e. The highest BCUT2D eigenvalue weighted by atomic mass is 16.5. The summed E-state index contributed by atoms with van der Waals surface area (Å²) in [6.07, 6.45) is 0. The molecule has 0 fully saturated rings. The van der Waals surface area contributed by atoms with Crippen molar-refractivity contribution < 1.29 is 9.84 Å². The van der Waals surface area contributed by atoms with Gasteiger partial charge in [0.25, 0.3) is 5.56 Å². The fourth-order valence-electron chi connectivity index (χ4n) is 2.51. The van der Waals surface area contributed by atoms with Crippen molar-refractivity contribution in [1.82, 2.24) is 4.57 Å². The third-order valence-electron chi connectivity index (χ3n) is 3.84. The molecule has 0 aliphatic heterocycles. The van der Waals surface area contributed by atoms with E-state index in [1.54, 1.807) is 20.2 Å². The SMILES string of the molecule is CNc1ccc2c(O)c(OCc3ccccc3)c(=O)n(C)c2c1. The lowest BCUT2D eigenvalue weighted by molar-refractivity contribution is 0.284. The van der Waals surface area contributed by atoms with Crippen molar-refractivity contribution in [1.29, 1.82) is 0 Å². The Kier molecular flexibility index (Phi) is 3.93. The van der Waals surface area contributed by atoms with Crippen LogP contribution < -0.4 is 15.6 Å². The number of rotatable bonds is 4. The Bertz CT molecular complexity index is 902. The zero-order valence-corrected chi connectivity index (χ0v) is 13.0. The molecule has 0 saturated heterocycles. The molecule has 0 aliphatic carbocycles. The predicted molar refractivity (Wildman–Crippen MR) is 91.2 cm³/mol. The molecule has 118 valence electrons. The van der Waals surface area contributed by atoms with Gasteiger partial charge in [0, 0.05) is 25.2 Å². The number of anilines is 1. The lowest BCUT2D eigenvalue weighted by atomic mass is 10.1. The van der Waals surface area contributed by atoms with Gasteiger partial charge >= 0.3 is 0 Å². The quantitative estimate of drug-likeness (QED) is 0.778. The van der Waals surface area contributed by atoms with E-state index < -0.39 is 0 Å². The molecule has 0 aliphatic rings. The van der Waals surface area contributed by atoms with Crippen LogP contribution in [0.25, 0.3) is 10.9 Å². The van der Waals surface area contributed by atoms with Crippen LogP contribution in [0.1, 0.15) is 5.56 Å². The Morgan fingerprint density at radius 2 is 1.91 bits per heavy atom. The molecule has 2 N–H and O–H groups in total. The summed E-state index contributed by atoms with van der Waals surface area (Å²) in [7, 11) is 3.47. The van der Waals surface area contributed by atoms with Gasteiger partial charge in [-0.2, -0.15) is 0 Å². The van der Waals surface area contributed by atoms with Crippen LogP contribution in [0, 0.1) is 0 Å². The summed E-state index contributed by atoms with van der Waals surface area (Å²) in [5, 5.41) is 14.0. The van der Waals surface area contributed by atoms with E-state index in [9.17, 15) is 9.90 Å². The first-order valence-electron chi connectivity index (χ1n) is 7.32. The van der Waals surface area contributed by atoms with Gasteiger partial charge in [-0.3, -0.25) is 4.79 Å². The van der Waals surface area contributed by atoms with Crippen molar-refractivity contribution in [2.24, 2.45) is 7.05 Å². The highest BCUT2D eigenvalue weighted by Crippen LogP contribution is 2.32. The van der Waals surface area contributed by atoms with Crippen LogP contribution in [-0.2, 0) is 13.7 Å². The van der Waals surface area contributed by atoms with Gasteiger partial charge in [-0.25, -0.2) is 0 Å². The Balaban J connectivity index is 2.06. The number of aromatic hydroxyl groups is 1. The molecule has 2 aromatic carbocycles. The molecule has 0 radical (unpaired) electrons. The van der Waals surface area contributed by atoms with E-state index in [1.165, 1.54) is 4.57 Å².